The van der Waals surface area contributed by atoms with Crippen molar-refractivity contribution in [2.24, 2.45) is 0 Å². The minimum atomic E-state index is 0.509. The molecule has 2 aromatic rings. The molecule has 2 rings (SSSR count). The zero-order valence-electron chi connectivity index (χ0n) is 12.6. The number of hydrogen-bond donors (Lipinski definition) is 1. The Morgan fingerprint density at radius 1 is 1.20 bits per heavy atom. The second kappa shape index (κ2) is 6.61. The SMILES string of the molecule is Cc1ccc(-c2nnc(CCCNC(C)C)o2)c(C)n1. The summed E-state index contributed by atoms with van der Waals surface area (Å²) in [5.41, 5.74) is 2.82. The molecule has 0 saturated carbocycles. The zero-order valence-corrected chi connectivity index (χ0v) is 12.6. The third-order valence-corrected chi connectivity index (χ3v) is 3.04. The van der Waals surface area contributed by atoms with Crippen LogP contribution in [0.1, 0.15) is 37.5 Å². The maximum Gasteiger partial charge on any atom is 0.249 e. The first-order valence-electron chi connectivity index (χ1n) is 7.06. The lowest BCUT2D eigenvalue weighted by Gasteiger charge is -2.05. The number of pyridine rings is 1. The third kappa shape index (κ3) is 3.87. The van der Waals surface area contributed by atoms with Crippen molar-refractivity contribution in [1.29, 1.82) is 0 Å². The molecule has 0 spiro atoms. The van der Waals surface area contributed by atoms with Crippen LogP contribution in [-0.4, -0.2) is 27.8 Å². The van der Waals surface area contributed by atoms with Gasteiger partial charge in [0.05, 0.1) is 11.3 Å². The summed E-state index contributed by atoms with van der Waals surface area (Å²) in [7, 11) is 0. The van der Waals surface area contributed by atoms with Gasteiger partial charge in [0.25, 0.3) is 0 Å². The van der Waals surface area contributed by atoms with Gasteiger partial charge in [0.1, 0.15) is 0 Å². The van der Waals surface area contributed by atoms with E-state index in [0.717, 1.165) is 36.3 Å². The van der Waals surface area contributed by atoms with Crippen molar-refractivity contribution in [2.75, 3.05) is 6.54 Å². The van der Waals surface area contributed by atoms with Gasteiger partial charge >= 0.3 is 0 Å². The zero-order chi connectivity index (χ0) is 14.5. The van der Waals surface area contributed by atoms with Crippen molar-refractivity contribution < 1.29 is 4.42 Å². The van der Waals surface area contributed by atoms with Crippen molar-refractivity contribution in [1.82, 2.24) is 20.5 Å². The minimum absolute atomic E-state index is 0.509. The molecule has 0 bridgehead atoms. The summed E-state index contributed by atoms with van der Waals surface area (Å²) in [6, 6.07) is 4.45. The van der Waals surface area contributed by atoms with E-state index in [1.165, 1.54) is 0 Å². The molecule has 0 amide bonds. The molecule has 2 aromatic heterocycles. The number of aryl methyl sites for hydroxylation is 3. The van der Waals surface area contributed by atoms with E-state index in [-0.39, 0.29) is 0 Å². The van der Waals surface area contributed by atoms with Crippen LogP contribution in [0.2, 0.25) is 0 Å². The highest BCUT2D eigenvalue weighted by molar-refractivity contribution is 5.55. The summed E-state index contributed by atoms with van der Waals surface area (Å²) < 4.78 is 5.71. The largest absolute Gasteiger partial charge is 0.421 e. The van der Waals surface area contributed by atoms with E-state index in [9.17, 15) is 0 Å². The summed E-state index contributed by atoms with van der Waals surface area (Å²) in [5, 5.41) is 11.6. The predicted octanol–water partition coefficient (Wildman–Crippen LogP) is 2.68. The van der Waals surface area contributed by atoms with Gasteiger partial charge < -0.3 is 9.73 Å². The van der Waals surface area contributed by atoms with Crippen molar-refractivity contribution in [2.45, 2.75) is 46.6 Å². The Hall–Kier alpha value is -1.75. The van der Waals surface area contributed by atoms with Crippen LogP contribution in [0.25, 0.3) is 11.5 Å². The first-order valence-corrected chi connectivity index (χ1v) is 7.06. The maximum atomic E-state index is 5.71. The molecule has 108 valence electrons. The lowest BCUT2D eigenvalue weighted by molar-refractivity contribution is 0.483. The van der Waals surface area contributed by atoms with E-state index in [0.29, 0.717) is 17.8 Å². The fourth-order valence-corrected chi connectivity index (χ4v) is 2.01. The van der Waals surface area contributed by atoms with Crippen molar-refractivity contribution in [3.05, 3.63) is 29.4 Å². The monoisotopic (exact) mass is 274 g/mol. The van der Waals surface area contributed by atoms with Crippen LogP contribution in [0.5, 0.6) is 0 Å². The van der Waals surface area contributed by atoms with Gasteiger partial charge in [-0.3, -0.25) is 4.98 Å². The minimum Gasteiger partial charge on any atom is -0.421 e. The summed E-state index contributed by atoms with van der Waals surface area (Å²) in [6.45, 7) is 9.16. The average Bonchev–Trinajstić information content (AvgIpc) is 2.83. The van der Waals surface area contributed by atoms with Gasteiger partial charge in [-0.05, 0) is 38.9 Å². The number of rotatable bonds is 6. The molecule has 2 heterocycles. The van der Waals surface area contributed by atoms with Gasteiger partial charge in [-0.1, -0.05) is 13.8 Å². The molecule has 0 radical (unpaired) electrons. The van der Waals surface area contributed by atoms with Crippen LogP contribution in [0, 0.1) is 13.8 Å². The lowest BCUT2D eigenvalue weighted by Crippen LogP contribution is -2.23. The lowest BCUT2D eigenvalue weighted by atomic mass is 10.2. The topological polar surface area (TPSA) is 63.8 Å². The molecule has 0 atom stereocenters. The highest BCUT2D eigenvalue weighted by atomic mass is 16.4. The number of nitrogens with one attached hydrogen (secondary N) is 1. The van der Waals surface area contributed by atoms with E-state index in [2.05, 4.69) is 34.3 Å². The number of hydrogen-bond acceptors (Lipinski definition) is 5. The Balaban J connectivity index is 1.98. The van der Waals surface area contributed by atoms with Crippen molar-refractivity contribution in [3.8, 4) is 11.5 Å². The smallest absolute Gasteiger partial charge is 0.249 e. The van der Waals surface area contributed by atoms with E-state index in [4.69, 9.17) is 4.42 Å². The molecule has 0 saturated heterocycles. The third-order valence-electron chi connectivity index (χ3n) is 3.04. The first-order chi connectivity index (χ1) is 9.56. The molecule has 5 nitrogen and oxygen atoms in total. The Labute approximate surface area is 119 Å². The fraction of sp³-hybridized carbons (Fsp3) is 0.533. The van der Waals surface area contributed by atoms with E-state index < -0.39 is 0 Å². The molecule has 1 N–H and O–H groups in total. The van der Waals surface area contributed by atoms with Crippen LogP contribution in [-0.2, 0) is 6.42 Å². The van der Waals surface area contributed by atoms with Crippen LogP contribution >= 0.6 is 0 Å². The normalized spacial score (nSPS) is 11.2. The van der Waals surface area contributed by atoms with E-state index in [1.807, 2.05) is 26.0 Å². The van der Waals surface area contributed by atoms with Crippen LogP contribution in [0.4, 0.5) is 0 Å². The molecule has 0 aliphatic heterocycles. The fourth-order valence-electron chi connectivity index (χ4n) is 2.01. The summed E-state index contributed by atoms with van der Waals surface area (Å²) in [5.74, 6) is 1.24. The van der Waals surface area contributed by atoms with Crippen molar-refractivity contribution >= 4 is 0 Å². The quantitative estimate of drug-likeness (QED) is 0.820. The molecule has 0 aliphatic carbocycles. The summed E-state index contributed by atoms with van der Waals surface area (Å²) >= 11 is 0. The standard InChI is InChI=1S/C15H22N4O/c1-10(2)16-9-5-6-14-18-19-15(20-14)13-8-7-11(3)17-12(13)4/h7-8,10,16H,5-6,9H2,1-4H3. The van der Waals surface area contributed by atoms with Crippen LogP contribution in [0.15, 0.2) is 16.5 Å². The highest BCUT2D eigenvalue weighted by Crippen LogP contribution is 2.21. The van der Waals surface area contributed by atoms with Gasteiger partial charge in [0.15, 0.2) is 0 Å². The molecule has 0 fully saturated rings. The van der Waals surface area contributed by atoms with Crippen LogP contribution < -0.4 is 5.32 Å². The Morgan fingerprint density at radius 3 is 2.70 bits per heavy atom. The summed E-state index contributed by atoms with van der Waals surface area (Å²) in [4.78, 5) is 4.42. The molecule has 0 unspecified atom stereocenters. The summed E-state index contributed by atoms with van der Waals surface area (Å²) in [6.07, 6.45) is 1.79. The predicted molar refractivity (Wildman–Crippen MR) is 78.5 cm³/mol. The van der Waals surface area contributed by atoms with Gasteiger partial charge in [-0.25, -0.2) is 0 Å². The maximum absolute atomic E-state index is 5.71. The molecule has 0 aliphatic rings. The molecular weight excluding hydrogens is 252 g/mol. The van der Waals surface area contributed by atoms with Gasteiger partial charge in [-0.15, -0.1) is 10.2 Å². The number of nitrogens with zero attached hydrogens (tertiary/aromatic N) is 3. The molecule has 5 heteroatoms. The van der Waals surface area contributed by atoms with Gasteiger partial charge in [0, 0.05) is 18.2 Å². The van der Waals surface area contributed by atoms with E-state index in [1.54, 1.807) is 0 Å². The second-order valence-electron chi connectivity index (χ2n) is 5.30. The average molecular weight is 274 g/mol. The van der Waals surface area contributed by atoms with Crippen LogP contribution in [0.3, 0.4) is 0 Å². The highest BCUT2D eigenvalue weighted by Gasteiger charge is 2.11. The Kier molecular flexibility index (Phi) is 4.84. The van der Waals surface area contributed by atoms with Crippen molar-refractivity contribution in [3.63, 3.8) is 0 Å². The van der Waals surface area contributed by atoms with E-state index >= 15 is 0 Å². The Morgan fingerprint density at radius 2 is 2.00 bits per heavy atom. The van der Waals surface area contributed by atoms with Gasteiger partial charge in [-0.2, -0.15) is 0 Å². The first kappa shape index (κ1) is 14.7. The number of aromatic nitrogens is 3. The molecular formula is C15H22N4O. The second-order valence-corrected chi connectivity index (χ2v) is 5.30. The Bertz CT molecular complexity index is 563. The molecule has 20 heavy (non-hydrogen) atoms. The van der Waals surface area contributed by atoms with Gasteiger partial charge in [0.2, 0.25) is 11.8 Å². The molecule has 0 aromatic carbocycles.